The summed E-state index contributed by atoms with van der Waals surface area (Å²) < 4.78 is 0. The molecule has 0 heterocycles. The molecule has 0 aliphatic carbocycles. The maximum absolute atomic E-state index is 8.36. The molecule has 0 fully saturated rings. The van der Waals surface area contributed by atoms with Crippen molar-refractivity contribution in [3.63, 3.8) is 0 Å². The van der Waals surface area contributed by atoms with E-state index in [2.05, 4.69) is 0 Å². The van der Waals surface area contributed by atoms with Crippen molar-refractivity contribution in [1.29, 1.82) is 0 Å². The van der Waals surface area contributed by atoms with Gasteiger partial charge in [-0.25, -0.2) is 0 Å². The zero-order valence-corrected chi connectivity index (χ0v) is 3.69. The molecule has 0 saturated carbocycles. The average Bonchev–Trinajstić information content (AvgIpc) is 0.811. The van der Waals surface area contributed by atoms with E-state index in [4.69, 9.17) is 15.3 Å². The summed E-state index contributed by atoms with van der Waals surface area (Å²) in [5.74, 6) is 0. The Labute approximate surface area is 66.5 Å². The van der Waals surface area contributed by atoms with Gasteiger partial charge in [-0.3, -0.25) is 0 Å². The van der Waals surface area contributed by atoms with Gasteiger partial charge in [0.25, 0.3) is 5.09 Å². The van der Waals surface area contributed by atoms with E-state index >= 15 is 0 Å². The second-order valence-electron chi connectivity index (χ2n) is 0.238. The molecule has 0 aliphatic rings. The molecule has 0 radical (unpaired) electrons. The molecule has 0 aromatic heterocycles. The zero-order chi connectivity index (χ0) is 3.58. The molecule has 0 atom stereocenters. The molecule has 0 amide bonds. The van der Waals surface area contributed by atoms with Crippen molar-refractivity contribution in [2.45, 2.75) is 0 Å². The maximum atomic E-state index is 8.36. The Morgan fingerprint density at radius 2 is 1.80 bits per heavy atom. The Hall–Kier alpha value is 0.719. The van der Waals surface area contributed by atoms with Gasteiger partial charge in [0.15, 0.2) is 0 Å². The molecule has 0 saturated heterocycles. The quantitative estimate of drug-likeness (QED) is 0.462. The molecule has 4 nitrogen and oxygen atoms in total. The molecule has 0 aromatic carbocycles. The fourth-order valence-electron chi connectivity index (χ4n) is 0. The van der Waals surface area contributed by atoms with Crippen molar-refractivity contribution < 1.29 is 57.2 Å². The summed E-state index contributed by atoms with van der Waals surface area (Å²) in [4.78, 5) is 8.36. The maximum Gasteiger partial charge on any atom is 0.291 e. The third-order valence-corrected chi connectivity index (χ3v) is 0. The Bertz CT molecular complexity index is 29.9. The topological polar surface area (TPSA) is 63.4 Å². The van der Waals surface area contributed by atoms with Crippen LogP contribution in [0, 0.1) is 57.0 Å². The Kier molecular flexibility index (Phi) is 8.69. The van der Waals surface area contributed by atoms with E-state index in [1.807, 2.05) is 0 Å². The van der Waals surface area contributed by atoms with Gasteiger partial charge < -0.3 is 5.21 Å². The van der Waals surface area contributed by atoms with Gasteiger partial charge in [0.2, 0.25) is 0 Å². The third-order valence-electron chi connectivity index (χ3n) is 0. The minimum absolute atomic E-state index is 0. The van der Waals surface area contributed by atoms with Crippen LogP contribution >= 0.6 is 0 Å². The predicted molar refractivity (Wildman–Crippen MR) is 8.78 cm³/mol. The fourth-order valence-corrected chi connectivity index (χ4v) is 0. The molecule has 0 aliphatic heterocycles. The van der Waals surface area contributed by atoms with Gasteiger partial charge in [0.1, 0.15) is 0 Å². The third kappa shape index (κ3) is 67.4. The second kappa shape index (κ2) is 4.72. The molecule has 0 unspecified atom stereocenters. The van der Waals surface area contributed by atoms with Crippen LogP contribution in [-0.2, 0) is 0 Å². The zero-order valence-electron chi connectivity index (χ0n) is 1.98. The summed E-state index contributed by atoms with van der Waals surface area (Å²) in [7, 11) is 0. The van der Waals surface area contributed by atoms with E-state index < -0.39 is 5.09 Å². The number of hydrogen-bond acceptors (Lipinski definition) is 2. The monoisotopic (exact) mass is 237 g/mol. The molecule has 5 heavy (non-hydrogen) atoms. The second-order valence-corrected chi connectivity index (χ2v) is 0.238. The molecule has 0 bridgehead atoms. The molecule has 1 N–H and O–H groups in total. The number of rotatable bonds is 0. The summed E-state index contributed by atoms with van der Waals surface area (Å²) in [6.07, 6.45) is 0. The molecular weight excluding hydrogens is 235 g/mol. The van der Waals surface area contributed by atoms with Gasteiger partial charge in [-0.05, 0) is 0 Å². The fraction of sp³-hybridized carbons (Fsp3) is 0. The molecule has 0 spiro atoms. The standard InChI is InChI=1S/HNO3.Yb/c2-1(3)4;/h(H,2,3,4);. The van der Waals surface area contributed by atoms with Crippen LogP contribution in [0.15, 0.2) is 0 Å². The van der Waals surface area contributed by atoms with Crippen molar-refractivity contribution in [2.75, 3.05) is 0 Å². The largest absolute Gasteiger partial charge is 0.328 e. The van der Waals surface area contributed by atoms with E-state index in [1.165, 1.54) is 0 Å². The summed E-state index contributed by atoms with van der Waals surface area (Å²) >= 11 is 0. The van der Waals surface area contributed by atoms with E-state index in [0.717, 1.165) is 0 Å². The van der Waals surface area contributed by atoms with Crippen molar-refractivity contribution in [3.05, 3.63) is 10.1 Å². The first-order valence-electron chi connectivity index (χ1n) is 0.565. The van der Waals surface area contributed by atoms with Crippen LogP contribution in [0.3, 0.4) is 0 Å². The summed E-state index contributed by atoms with van der Waals surface area (Å²) in [5, 5.41) is 13.6. The SMILES string of the molecule is O=[N+]([O-])O.[Yb]. The number of hydrogen-bond donors (Lipinski definition) is 1. The summed E-state index contributed by atoms with van der Waals surface area (Å²) in [6.45, 7) is 0. The summed E-state index contributed by atoms with van der Waals surface area (Å²) in [5.41, 5.74) is 0. The Morgan fingerprint density at radius 1 is 1.80 bits per heavy atom. The van der Waals surface area contributed by atoms with Crippen LogP contribution < -0.4 is 0 Å². The smallest absolute Gasteiger partial charge is 0.291 e. The van der Waals surface area contributed by atoms with Crippen molar-refractivity contribution >= 4 is 0 Å². The van der Waals surface area contributed by atoms with Gasteiger partial charge in [0.05, 0.1) is 0 Å². The first kappa shape index (κ1) is 9.21. The van der Waals surface area contributed by atoms with Crippen molar-refractivity contribution in [3.8, 4) is 0 Å². The van der Waals surface area contributed by atoms with Gasteiger partial charge >= 0.3 is 0 Å². The predicted octanol–water partition coefficient (Wildman–Crippen LogP) is -0.348. The van der Waals surface area contributed by atoms with Crippen LogP contribution in [0.25, 0.3) is 0 Å². The first-order valence-corrected chi connectivity index (χ1v) is 0.565. The normalized spacial score (nSPS) is 4.80. The minimum Gasteiger partial charge on any atom is -0.328 e. The van der Waals surface area contributed by atoms with Gasteiger partial charge in [0, 0.05) is 46.9 Å². The van der Waals surface area contributed by atoms with Crippen molar-refractivity contribution in [2.24, 2.45) is 0 Å². The van der Waals surface area contributed by atoms with Crippen LogP contribution in [0.5, 0.6) is 0 Å². The first-order chi connectivity index (χ1) is 1.73. The summed E-state index contributed by atoms with van der Waals surface area (Å²) in [6, 6.07) is 0. The van der Waals surface area contributed by atoms with Crippen LogP contribution in [0.4, 0.5) is 0 Å². The average molecular weight is 236 g/mol. The molecule has 5 heteroatoms. The molecule has 0 aromatic rings. The number of nitrogens with zero attached hydrogens (tertiary/aromatic N) is 1. The molecule has 38 valence electrons. The van der Waals surface area contributed by atoms with E-state index in [0.29, 0.717) is 0 Å². The van der Waals surface area contributed by atoms with Crippen LogP contribution in [0.1, 0.15) is 0 Å². The van der Waals surface area contributed by atoms with Gasteiger partial charge in [-0.15, -0.1) is 10.1 Å². The van der Waals surface area contributed by atoms with E-state index in [-0.39, 0.29) is 46.9 Å². The van der Waals surface area contributed by atoms with Crippen LogP contribution in [0.2, 0.25) is 0 Å². The van der Waals surface area contributed by atoms with Gasteiger partial charge in [-0.2, -0.15) is 0 Å². The Morgan fingerprint density at radius 3 is 1.80 bits per heavy atom. The Balaban J connectivity index is 0. The van der Waals surface area contributed by atoms with Crippen LogP contribution in [-0.4, -0.2) is 10.3 Å². The minimum atomic E-state index is -1.50. The van der Waals surface area contributed by atoms with E-state index in [1.54, 1.807) is 0 Å². The van der Waals surface area contributed by atoms with Gasteiger partial charge in [-0.1, -0.05) is 0 Å². The van der Waals surface area contributed by atoms with E-state index in [9.17, 15) is 0 Å². The van der Waals surface area contributed by atoms with Crippen molar-refractivity contribution in [1.82, 2.24) is 0 Å². The molecular formula is HNO3Yb. The molecule has 0 rings (SSSR count).